The van der Waals surface area contributed by atoms with Crippen LogP contribution in [-0.2, 0) is 14.3 Å². The molecule has 0 saturated carbocycles. The lowest BCUT2D eigenvalue weighted by atomic mass is 10.1. The Morgan fingerprint density at radius 2 is 1.15 bits per heavy atom. The van der Waals surface area contributed by atoms with Gasteiger partial charge in [-0.2, -0.15) is 0 Å². The van der Waals surface area contributed by atoms with Crippen LogP contribution in [-0.4, -0.2) is 37.0 Å². The van der Waals surface area contributed by atoms with Crippen LogP contribution in [0.3, 0.4) is 0 Å². The summed E-state index contributed by atoms with van der Waals surface area (Å²) in [5.41, 5.74) is 0. The van der Waals surface area contributed by atoms with Crippen molar-refractivity contribution in [2.24, 2.45) is 0 Å². The van der Waals surface area contributed by atoms with E-state index >= 15 is 0 Å². The molecule has 0 aliphatic carbocycles. The minimum Gasteiger partial charge on any atom is -0.457 e. The van der Waals surface area contributed by atoms with Crippen molar-refractivity contribution in [3.05, 3.63) is 60.8 Å². The molecule has 1 unspecified atom stereocenters. The summed E-state index contributed by atoms with van der Waals surface area (Å²) in [4.78, 5) is 12.0. The summed E-state index contributed by atoms with van der Waals surface area (Å²) in [5, 5.41) is 9.45. The number of hydrogen-bond acceptors (Lipinski definition) is 4. The maximum atomic E-state index is 12.0. The fourth-order valence-corrected chi connectivity index (χ4v) is 4.00. The second-order valence-corrected chi connectivity index (χ2v) is 10.2. The van der Waals surface area contributed by atoms with Crippen molar-refractivity contribution in [2.45, 2.75) is 136 Å². The predicted octanol–water partition coefficient (Wildman–Crippen LogP) is 9.75. The van der Waals surface area contributed by atoms with E-state index in [9.17, 15) is 9.90 Å². The number of aliphatic hydroxyl groups is 1. The highest BCUT2D eigenvalue weighted by Gasteiger charge is 2.13. The van der Waals surface area contributed by atoms with Crippen molar-refractivity contribution < 1.29 is 19.4 Å². The molecule has 1 N–H and O–H groups in total. The van der Waals surface area contributed by atoms with Gasteiger partial charge in [-0.15, -0.1) is 0 Å². The van der Waals surface area contributed by atoms with E-state index in [0.717, 1.165) is 64.2 Å². The van der Waals surface area contributed by atoms with Crippen molar-refractivity contribution in [1.29, 1.82) is 0 Å². The van der Waals surface area contributed by atoms with Crippen LogP contribution in [0.2, 0.25) is 0 Å². The molecule has 0 aromatic rings. The molecule has 0 fully saturated rings. The fourth-order valence-electron chi connectivity index (χ4n) is 4.00. The summed E-state index contributed by atoms with van der Waals surface area (Å²) in [5.74, 6) is -0.226. The molecule has 224 valence electrons. The molecule has 1 atom stereocenters. The molecule has 0 heterocycles. The lowest BCUT2D eigenvalue weighted by Crippen LogP contribution is -2.27. The highest BCUT2D eigenvalue weighted by Crippen LogP contribution is 2.10. The third kappa shape index (κ3) is 30.5. The van der Waals surface area contributed by atoms with E-state index in [1.165, 1.54) is 44.9 Å². The largest absolute Gasteiger partial charge is 0.457 e. The first kappa shape index (κ1) is 37.1. The number of ether oxygens (including phenoxy) is 2. The molecule has 0 aromatic heterocycles. The minimum atomic E-state index is -0.541. The molecule has 0 saturated heterocycles. The van der Waals surface area contributed by atoms with Crippen LogP contribution in [0.5, 0.6) is 0 Å². The molecule has 0 aromatic carbocycles. The van der Waals surface area contributed by atoms with E-state index in [1.807, 2.05) is 0 Å². The zero-order chi connectivity index (χ0) is 28.5. The van der Waals surface area contributed by atoms with Gasteiger partial charge in [-0.3, -0.25) is 4.79 Å². The summed E-state index contributed by atoms with van der Waals surface area (Å²) >= 11 is 0. The first-order valence-corrected chi connectivity index (χ1v) is 15.9. The quantitative estimate of drug-likeness (QED) is 0.0605. The first-order valence-electron chi connectivity index (χ1n) is 15.9. The van der Waals surface area contributed by atoms with E-state index in [2.05, 4.69) is 74.6 Å². The Balaban J connectivity index is 3.56. The van der Waals surface area contributed by atoms with Crippen molar-refractivity contribution in [1.82, 2.24) is 0 Å². The average molecular weight is 545 g/mol. The first-order chi connectivity index (χ1) is 19.2. The van der Waals surface area contributed by atoms with Gasteiger partial charge in [0.25, 0.3) is 0 Å². The number of rotatable bonds is 28. The minimum absolute atomic E-state index is 0.182. The second-order valence-electron chi connectivity index (χ2n) is 10.2. The Kier molecular flexibility index (Phi) is 30.7. The number of unbranched alkanes of at least 4 members (excludes halogenated alkanes) is 10. The lowest BCUT2D eigenvalue weighted by molar-refractivity contribution is -0.154. The molecule has 0 spiro atoms. The van der Waals surface area contributed by atoms with Gasteiger partial charge in [-0.25, -0.2) is 0 Å². The number of carbonyl (C=O) groups is 1. The van der Waals surface area contributed by atoms with Crippen LogP contribution in [0.25, 0.3) is 0 Å². The molecular formula is C35H60O4. The van der Waals surface area contributed by atoms with E-state index in [4.69, 9.17) is 9.47 Å². The van der Waals surface area contributed by atoms with Gasteiger partial charge in [0, 0.05) is 13.0 Å². The predicted molar refractivity (Wildman–Crippen MR) is 168 cm³/mol. The number of carbonyl (C=O) groups excluding carboxylic acids is 1. The molecule has 0 aliphatic rings. The van der Waals surface area contributed by atoms with Gasteiger partial charge in [-0.1, -0.05) is 126 Å². The average Bonchev–Trinajstić information content (AvgIpc) is 2.94. The number of hydrogen-bond donors (Lipinski definition) is 1. The molecule has 39 heavy (non-hydrogen) atoms. The normalized spacial score (nSPS) is 13.2. The van der Waals surface area contributed by atoms with Gasteiger partial charge < -0.3 is 14.6 Å². The zero-order valence-corrected chi connectivity index (χ0v) is 25.4. The molecule has 0 amide bonds. The maximum Gasteiger partial charge on any atom is 0.306 e. The van der Waals surface area contributed by atoms with Gasteiger partial charge in [-0.05, 0) is 57.8 Å². The Hall–Kier alpha value is -1.91. The lowest BCUT2D eigenvalue weighted by Gasteiger charge is -2.15. The van der Waals surface area contributed by atoms with Crippen molar-refractivity contribution in [3.8, 4) is 0 Å². The van der Waals surface area contributed by atoms with Gasteiger partial charge in [0.15, 0.2) is 0 Å². The van der Waals surface area contributed by atoms with Crippen molar-refractivity contribution >= 4 is 5.97 Å². The molecule has 4 heteroatoms. The van der Waals surface area contributed by atoms with Crippen LogP contribution in [0.4, 0.5) is 0 Å². The number of aliphatic hydroxyl groups excluding tert-OH is 1. The topological polar surface area (TPSA) is 55.8 Å². The van der Waals surface area contributed by atoms with E-state index in [-0.39, 0.29) is 19.2 Å². The Morgan fingerprint density at radius 1 is 0.641 bits per heavy atom. The molecule has 0 aliphatic heterocycles. The van der Waals surface area contributed by atoms with Gasteiger partial charge in [0.1, 0.15) is 6.10 Å². The van der Waals surface area contributed by atoms with Gasteiger partial charge in [0.2, 0.25) is 0 Å². The van der Waals surface area contributed by atoms with Crippen LogP contribution in [0.15, 0.2) is 60.8 Å². The summed E-state index contributed by atoms with van der Waals surface area (Å²) in [7, 11) is 0. The van der Waals surface area contributed by atoms with Crippen LogP contribution in [0, 0.1) is 0 Å². The SMILES string of the molecule is CC/C=C\C/C=C\C/C=C\C/C=C\C/C=C\CCCCCCCC(=O)OC(CO)COCCCCCCCC. The molecule has 4 nitrogen and oxygen atoms in total. The molecule has 0 bridgehead atoms. The third-order valence-corrected chi connectivity index (χ3v) is 6.36. The van der Waals surface area contributed by atoms with Crippen LogP contribution < -0.4 is 0 Å². The molecule has 0 radical (unpaired) electrons. The fraction of sp³-hybridized carbons (Fsp3) is 0.686. The number of esters is 1. The zero-order valence-electron chi connectivity index (χ0n) is 25.4. The highest BCUT2D eigenvalue weighted by molar-refractivity contribution is 5.69. The Morgan fingerprint density at radius 3 is 1.74 bits per heavy atom. The maximum absolute atomic E-state index is 12.0. The second kappa shape index (κ2) is 32.3. The van der Waals surface area contributed by atoms with E-state index in [1.54, 1.807) is 0 Å². The highest BCUT2D eigenvalue weighted by atomic mass is 16.6. The van der Waals surface area contributed by atoms with Gasteiger partial charge in [0.05, 0.1) is 13.2 Å². The summed E-state index contributed by atoms with van der Waals surface area (Å²) in [6.45, 7) is 5.14. The van der Waals surface area contributed by atoms with E-state index < -0.39 is 6.10 Å². The Bertz CT molecular complexity index is 660. The molecular weight excluding hydrogens is 484 g/mol. The number of allylic oxidation sites excluding steroid dienone is 10. The third-order valence-electron chi connectivity index (χ3n) is 6.36. The molecule has 0 rings (SSSR count). The smallest absolute Gasteiger partial charge is 0.306 e. The van der Waals surface area contributed by atoms with Crippen LogP contribution >= 0.6 is 0 Å². The Labute approximate surface area is 241 Å². The van der Waals surface area contributed by atoms with Crippen LogP contribution in [0.1, 0.15) is 129 Å². The van der Waals surface area contributed by atoms with Crippen molar-refractivity contribution in [3.63, 3.8) is 0 Å². The summed E-state index contributed by atoms with van der Waals surface area (Å²) in [6.07, 6.45) is 41.1. The van der Waals surface area contributed by atoms with Gasteiger partial charge >= 0.3 is 5.97 Å². The standard InChI is InChI=1S/C35H60O4/c1-3-5-7-9-11-12-13-14-15-16-17-18-19-20-21-22-23-24-25-26-28-30-35(37)39-34(32-36)33-38-31-29-27-10-8-6-4-2/h5,7,11-12,14-15,17-18,20-21,34,36H,3-4,6,8-10,13,16,19,22-33H2,1-2H3/b7-5-,12-11-,15-14-,18-17-,21-20-. The van der Waals surface area contributed by atoms with Crippen molar-refractivity contribution in [2.75, 3.05) is 19.8 Å². The van der Waals surface area contributed by atoms with E-state index in [0.29, 0.717) is 13.0 Å². The summed E-state index contributed by atoms with van der Waals surface area (Å²) < 4.78 is 11.0. The summed E-state index contributed by atoms with van der Waals surface area (Å²) in [6, 6.07) is 0. The monoisotopic (exact) mass is 544 g/mol.